The third-order valence-corrected chi connectivity index (χ3v) is 3.06. The molecule has 1 aliphatic rings. The number of anilines is 1. The smallest absolute Gasteiger partial charge is 0.147 e. The maximum atomic E-state index is 6.28. The highest BCUT2D eigenvalue weighted by Gasteiger charge is 2.14. The Morgan fingerprint density at radius 3 is 3.12 bits per heavy atom. The first-order chi connectivity index (χ1) is 8.31. The second-order valence-electron chi connectivity index (χ2n) is 4.13. The molecule has 1 aromatic rings. The first-order valence-corrected chi connectivity index (χ1v) is 6.31. The molecule has 4 nitrogen and oxygen atoms in total. The highest BCUT2D eigenvalue weighted by atomic mass is 35.5. The zero-order valence-electron chi connectivity index (χ0n) is 10.1. The van der Waals surface area contributed by atoms with Crippen molar-refractivity contribution < 1.29 is 4.74 Å². The molecule has 0 bridgehead atoms. The number of ether oxygens (including phenoxy) is 1. The topological polar surface area (TPSA) is 37.4 Å². The van der Waals surface area contributed by atoms with E-state index in [1.54, 1.807) is 0 Å². The van der Waals surface area contributed by atoms with Gasteiger partial charge in [-0.3, -0.25) is 0 Å². The summed E-state index contributed by atoms with van der Waals surface area (Å²) in [6.07, 6.45) is 2.90. The number of rotatable bonds is 3. The number of nitrogens with one attached hydrogen (secondary N) is 1. The highest BCUT2D eigenvalue weighted by molar-refractivity contribution is 6.33. The molecule has 5 heteroatoms. The number of hydrogen-bond donors (Lipinski definition) is 1. The molecule has 0 amide bonds. The third kappa shape index (κ3) is 3.31. The van der Waals surface area contributed by atoms with Gasteiger partial charge in [0.1, 0.15) is 5.82 Å². The molecule has 0 spiro atoms. The lowest BCUT2D eigenvalue weighted by Crippen LogP contribution is -2.27. The van der Waals surface area contributed by atoms with E-state index in [9.17, 15) is 0 Å². The third-order valence-electron chi connectivity index (χ3n) is 2.78. The highest BCUT2D eigenvalue weighted by Crippen LogP contribution is 2.24. The minimum absolute atomic E-state index is 0.722. The molecule has 1 aromatic heterocycles. The molecule has 0 aliphatic carbocycles. The first-order valence-electron chi connectivity index (χ1n) is 5.93. The molecule has 2 heterocycles. The van der Waals surface area contributed by atoms with Crippen molar-refractivity contribution in [2.24, 2.45) is 0 Å². The van der Waals surface area contributed by atoms with Gasteiger partial charge in [-0.15, -0.1) is 0 Å². The van der Waals surface area contributed by atoms with Crippen LogP contribution >= 0.6 is 11.6 Å². The molecular formula is C12H18ClN3O. The van der Waals surface area contributed by atoms with Crippen LogP contribution in [0.2, 0.25) is 5.02 Å². The summed E-state index contributed by atoms with van der Waals surface area (Å²) in [5, 5.41) is 3.81. The van der Waals surface area contributed by atoms with Crippen LogP contribution < -0.4 is 10.2 Å². The lowest BCUT2D eigenvalue weighted by atomic mass is 10.2. The van der Waals surface area contributed by atoms with Gasteiger partial charge in [0.15, 0.2) is 0 Å². The molecule has 1 aliphatic heterocycles. The number of pyridine rings is 1. The van der Waals surface area contributed by atoms with E-state index in [2.05, 4.69) is 15.2 Å². The van der Waals surface area contributed by atoms with Crippen LogP contribution in [0.15, 0.2) is 12.3 Å². The minimum atomic E-state index is 0.722. The van der Waals surface area contributed by atoms with E-state index in [-0.39, 0.29) is 0 Å². The lowest BCUT2D eigenvalue weighted by molar-refractivity contribution is 0.152. The fraction of sp³-hybridized carbons (Fsp3) is 0.583. The van der Waals surface area contributed by atoms with Crippen molar-refractivity contribution in [1.82, 2.24) is 10.3 Å². The predicted molar refractivity (Wildman–Crippen MR) is 69.7 cm³/mol. The number of halogens is 1. The largest absolute Gasteiger partial charge is 0.380 e. The molecule has 2 rings (SSSR count). The van der Waals surface area contributed by atoms with Crippen molar-refractivity contribution in [1.29, 1.82) is 0 Å². The summed E-state index contributed by atoms with van der Waals surface area (Å²) in [4.78, 5) is 6.65. The molecule has 0 radical (unpaired) electrons. The summed E-state index contributed by atoms with van der Waals surface area (Å²) in [5.74, 6) is 0.872. The monoisotopic (exact) mass is 255 g/mol. The van der Waals surface area contributed by atoms with Crippen LogP contribution in [0.3, 0.4) is 0 Å². The van der Waals surface area contributed by atoms with Crippen LogP contribution in [0, 0.1) is 0 Å². The fourth-order valence-corrected chi connectivity index (χ4v) is 2.27. The molecule has 1 N–H and O–H groups in total. The van der Waals surface area contributed by atoms with E-state index in [1.165, 1.54) is 0 Å². The fourth-order valence-electron chi connectivity index (χ4n) is 1.96. The van der Waals surface area contributed by atoms with Crippen LogP contribution in [0.25, 0.3) is 0 Å². The summed E-state index contributed by atoms with van der Waals surface area (Å²) in [5.41, 5.74) is 1.10. The van der Waals surface area contributed by atoms with Crippen LogP contribution in [0.4, 0.5) is 5.82 Å². The lowest BCUT2D eigenvalue weighted by Gasteiger charge is -2.22. The normalized spacial score (nSPS) is 16.9. The van der Waals surface area contributed by atoms with Gasteiger partial charge in [-0.25, -0.2) is 4.98 Å². The zero-order valence-corrected chi connectivity index (χ0v) is 10.8. The Bertz CT molecular complexity index is 365. The van der Waals surface area contributed by atoms with E-state index >= 15 is 0 Å². The summed E-state index contributed by atoms with van der Waals surface area (Å²) in [7, 11) is 1.91. The Morgan fingerprint density at radius 1 is 1.47 bits per heavy atom. The molecule has 0 saturated carbocycles. The number of aromatic nitrogens is 1. The van der Waals surface area contributed by atoms with Gasteiger partial charge in [-0.2, -0.15) is 0 Å². The van der Waals surface area contributed by atoms with Gasteiger partial charge in [0.2, 0.25) is 0 Å². The molecule has 94 valence electrons. The maximum absolute atomic E-state index is 6.28. The zero-order chi connectivity index (χ0) is 12.1. The van der Waals surface area contributed by atoms with Crippen LogP contribution in [0.1, 0.15) is 12.0 Å². The average molecular weight is 256 g/mol. The SMILES string of the molecule is CNCc1cnc(N2CCCOCC2)c(Cl)c1. The van der Waals surface area contributed by atoms with Gasteiger partial charge in [-0.1, -0.05) is 11.6 Å². The van der Waals surface area contributed by atoms with Gasteiger partial charge in [-0.05, 0) is 25.1 Å². The Hall–Kier alpha value is -0.840. The summed E-state index contributed by atoms with van der Waals surface area (Å²) in [6, 6.07) is 1.98. The van der Waals surface area contributed by atoms with Crippen molar-refractivity contribution in [3.05, 3.63) is 22.8 Å². The van der Waals surface area contributed by atoms with Crippen molar-refractivity contribution >= 4 is 17.4 Å². The molecule has 17 heavy (non-hydrogen) atoms. The van der Waals surface area contributed by atoms with Crippen molar-refractivity contribution in [3.63, 3.8) is 0 Å². The van der Waals surface area contributed by atoms with E-state index in [0.29, 0.717) is 0 Å². The quantitative estimate of drug-likeness (QED) is 0.892. The van der Waals surface area contributed by atoms with Gasteiger partial charge in [0.25, 0.3) is 0 Å². The van der Waals surface area contributed by atoms with Gasteiger partial charge in [0, 0.05) is 32.4 Å². The Labute approximate surface area is 107 Å². The average Bonchev–Trinajstić information content (AvgIpc) is 2.58. The van der Waals surface area contributed by atoms with E-state index in [4.69, 9.17) is 16.3 Å². The standard InChI is InChI=1S/C12H18ClN3O/c1-14-8-10-7-11(13)12(15-9-10)16-3-2-5-17-6-4-16/h7,9,14H,2-6,8H2,1H3. The van der Waals surface area contributed by atoms with Crippen LogP contribution in [-0.2, 0) is 11.3 Å². The molecule has 0 atom stereocenters. The molecule has 0 aromatic carbocycles. The van der Waals surface area contributed by atoms with Crippen LogP contribution in [-0.4, -0.2) is 38.3 Å². The van der Waals surface area contributed by atoms with E-state index in [1.807, 2.05) is 19.3 Å². The van der Waals surface area contributed by atoms with Crippen LogP contribution in [0.5, 0.6) is 0 Å². The predicted octanol–water partition coefficient (Wildman–Crippen LogP) is 1.68. The summed E-state index contributed by atoms with van der Waals surface area (Å²) >= 11 is 6.28. The van der Waals surface area contributed by atoms with E-state index in [0.717, 1.165) is 55.7 Å². The Balaban J connectivity index is 2.14. The maximum Gasteiger partial charge on any atom is 0.147 e. The van der Waals surface area contributed by atoms with Gasteiger partial charge < -0.3 is 15.0 Å². The van der Waals surface area contributed by atoms with E-state index < -0.39 is 0 Å². The summed E-state index contributed by atoms with van der Waals surface area (Å²) < 4.78 is 5.43. The Kier molecular flexibility index (Phi) is 4.59. The van der Waals surface area contributed by atoms with Gasteiger partial charge in [0.05, 0.1) is 11.6 Å². The molecule has 1 fully saturated rings. The first kappa shape index (κ1) is 12.6. The molecule has 0 unspecified atom stereocenters. The Morgan fingerprint density at radius 2 is 2.35 bits per heavy atom. The van der Waals surface area contributed by atoms with Crippen molar-refractivity contribution in [3.8, 4) is 0 Å². The molecule has 1 saturated heterocycles. The second kappa shape index (κ2) is 6.19. The summed E-state index contributed by atoms with van der Waals surface area (Å²) in [6.45, 7) is 4.18. The minimum Gasteiger partial charge on any atom is -0.380 e. The second-order valence-corrected chi connectivity index (χ2v) is 4.54. The number of nitrogens with zero attached hydrogens (tertiary/aromatic N) is 2. The number of hydrogen-bond acceptors (Lipinski definition) is 4. The van der Waals surface area contributed by atoms with Gasteiger partial charge >= 0.3 is 0 Å². The van der Waals surface area contributed by atoms with Crippen molar-refractivity contribution in [2.45, 2.75) is 13.0 Å². The molecular weight excluding hydrogens is 238 g/mol. The van der Waals surface area contributed by atoms with Crippen molar-refractivity contribution in [2.75, 3.05) is 38.3 Å².